The van der Waals surface area contributed by atoms with Gasteiger partial charge in [0, 0.05) is 7.05 Å². The summed E-state index contributed by atoms with van der Waals surface area (Å²) in [5.74, 6) is -0.348. The van der Waals surface area contributed by atoms with Crippen molar-refractivity contribution >= 4 is 23.2 Å². The second-order valence-electron chi connectivity index (χ2n) is 3.57. The number of rotatable bonds is 5. The fourth-order valence-corrected chi connectivity index (χ4v) is 1.34. The van der Waals surface area contributed by atoms with Gasteiger partial charge >= 0.3 is 5.97 Å². The number of carbonyl (C=O) groups is 1. The van der Waals surface area contributed by atoms with Crippen LogP contribution in [0.15, 0.2) is 30.3 Å². The molecule has 0 aliphatic carbocycles. The van der Waals surface area contributed by atoms with Crippen LogP contribution in [-0.2, 0) is 16.1 Å². The molecule has 1 atom stereocenters. The van der Waals surface area contributed by atoms with E-state index in [4.69, 9.17) is 22.7 Å². The van der Waals surface area contributed by atoms with E-state index in [1.54, 1.807) is 7.05 Å². The van der Waals surface area contributed by atoms with E-state index in [-0.39, 0.29) is 19.0 Å². The first-order chi connectivity index (χ1) is 8.13. The van der Waals surface area contributed by atoms with Crippen molar-refractivity contribution in [3.05, 3.63) is 35.9 Å². The molecule has 0 amide bonds. The van der Waals surface area contributed by atoms with Gasteiger partial charge < -0.3 is 15.8 Å². The van der Waals surface area contributed by atoms with Gasteiger partial charge in [0.15, 0.2) is 0 Å². The number of carbonyl (C=O) groups excluding carboxylic acids is 1. The fraction of sp³-hybridized carbons (Fsp3) is 0.333. The summed E-state index contributed by atoms with van der Waals surface area (Å²) in [5.41, 5.74) is 6.64. The van der Waals surface area contributed by atoms with Crippen molar-refractivity contribution in [1.82, 2.24) is 5.32 Å². The first kappa shape index (κ1) is 13.6. The highest BCUT2D eigenvalue weighted by molar-refractivity contribution is 7.80. The second-order valence-corrected chi connectivity index (χ2v) is 4.01. The Balaban J connectivity index is 2.33. The molecule has 5 heteroatoms. The van der Waals surface area contributed by atoms with Crippen LogP contribution in [0.5, 0.6) is 0 Å². The largest absolute Gasteiger partial charge is 0.461 e. The summed E-state index contributed by atoms with van der Waals surface area (Å²) < 4.78 is 5.09. The number of hydrogen-bond acceptors (Lipinski definition) is 4. The molecule has 4 nitrogen and oxygen atoms in total. The van der Waals surface area contributed by atoms with E-state index in [9.17, 15) is 4.79 Å². The summed E-state index contributed by atoms with van der Waals surface area (Å²) >= 11 is 4.93. The minimum atomic E-state index is -0.488. The average Bonchev–Trinajstić information content (AvgIpc) is 2.36. The zero-order chi connectivity index (χ0) is 12.7. The first-order valence-electron chi connectivity index (χ1n) is 5.30. The topological polar surface area (TPSA) is 64.3 Å². The summed E-state index contributed by atoms with van der Waals surface area (Å²) in [4.78, 5) is 11.9. The molecule has 1 aromatic rings. The molecule has 0 unspecified atom stereocenters. The van der Waals surface area contributed by atoms with Crippen LogP contribution in [0.1, 0.15) is 12.0 Å². The predicted octanol–water partition coefficient (Wildman–Crippen LogP) is 0.994. The third kappa shape index (κ3) is 4.93. The number of nitrogens with one attached hydrogen (secondary N) is 1. The van der Waals surface area contributed by atoms with Crippen LogP contribution in [0.3, 0.4) is 0 Å². The van der Waals surface area contributed by atoms with Gasteiger partial charge in [-0.15, -0.1) is 0 Å². The number of nitrogens with two attached hydrogens (primary N) is 1. The molecular formula is C12H16N2O2S. The SMILES string of the molecule is CNC(=S)[C@@H](N)CC(=O)OCc1ccccc1. The maximum absolute atomic E-state index is 11.5. The van der Waals surface area contributed by atoms with Gasteiger partial charge in [0.2, 0.25) is 0 Å². The predicted molar refractivity (Wildman–Crippen MR) is 70.5 cm³/mol. The molecule has 0 saturated carbocycles. The third-order valence-corrected chi connectivity index (χ3v) is 2.72. The number of esters is 1. The highest BCUT2D eigenvalue weighted by Gasteiger charge is 2.14. The van der Waals surface area contributed by atoms with Crippen LogP contribution in [0.25, 0.3) is 0 Å². The van der Waals surface area contributed by atoms with E-state index in [2.05, 4.69) is 5.32 Å². The lowest BCUT2D eigenvalue weighted by Crippen LogP contribution is -2.39. The van der Waals surface area contributed by atoms with E-state index >= 15 is 0 Å². The number of benzene rings is 1. The Morgan fingerprint density at radius 3 is 2.71 bits per heavy atom. The van der Waals surface area contributed by atoms with Gasteiger partial charge in [-0.1, -0.05) is 42.5 Å². The Morgan fingerprint density at radius 1 is 1.47 bits per heavy atom. The molecule has 0 aliphatic rings. The van der Waals surface area contributed by atoms with Gasteiger partial charge in [-0.25, -0.2) is 0 Å². The Bertz CT molecular complexity index is 381. The summed E-state index contributed by atoms with van der Waals surface area (Å²) in [6, 6.07) is 9.00. The van der Waals surface area contributed by atoms with Gasteiger partial charge in [-0.05, 0) is 5.56 Å². The molecule has 1 aromatic carbocycles. The lowest BCUT2D eigenvalue weighted by Gasteiger charge is -2.12. The van der Waals surface area contributed by atoms with Crippen molar-refractivity contribution < 1.29 is 9.53 Å². The summed E-state index contributed by atoms with van der Waals surface area (Å²) in [5, 5.41) is 2.74. The smallest absolute Gasteiger partial charge is 0.308 e. The molecule has 0 radical (unpaired) electrons. The Hall–Kier alpha value is -1.46. The summed E-state index contributed by atoms with van der Waals surface area (Å²) in [6.45, 7) is 0.263. The van der Waals surface area contributed by atoms with E-state index in [1.807, 2.05) is 30.3 Å². The normalized spacial score (nSPS) is 11.6. The van der Waals surface area contributed by atoms with Crippen LogP contribution in [0.2, 0.25) is 0 Å². The highest BCUT2D eigenvalue weighted by atomic mass is 32.1. The average molecular weight is 252 g/mol. The maximum atomic E-state index is 11.5. The quantitative estimate of drug-likeness (QED) is 0.604. The molecular weight excluding hydrogens is 236 g/mol. The van der Waals surface area contributed by atoms with Crippen molar-refractivity contribution in [2.45, 2.75) is 19.1 Å². The molecule has 0 aromatic heterocycles. The van der Waals surface area contributed by atoms with Crippen molar-refractivity contribution in [1.29, 1.82) is 0 Å². The summed E-state index contributed by atoms with van der Waals surface area (Å²) in [7, 11) is 1.68. The minimum Gasteiger partial charge on any atom is -0.461 e. The zero-order valence-corrected chi connectivity index (χ0v) is 10.5. The third-order valence-electron chi connectivity index (χ3n) is 2.21. The first-order valence-corrected chi connectivity index (χ1v) is 5.71. The molecule has 17 heavy (non-hydrogen) atoms. The fourth-order valence-electron chi connectivity index (χ4n) is 1.25. The van der Waals surface area contributed by atoms with Gasteiger partial charge in [0.05, 0.1) is 17.5 Å². The van der Waals surface area contributed by atoms with Gasteiger partial charge in [0.25, 0.3) is 0 Å². The molecule has 3 N–H and O–H groups in total. The summed E-state index contributed by atoms with van der Waals surface area (Å²) in [6.07, 6.45) is 0.0898. The van der Waals surface area contributed by atoms with E-state index in [0.29, 0.717) is 4.99 Å². The van der Waals surface area contributed by atoms with E-state index < -0.39 is 6.04 Å². The van der Waals surface area contributed by atoms with Crippen molar-refractivity contribution in [3.63, 3.8) is 0 Å². The maximum Gasteiger partial charge on any atom is 0.308 e. The van der Waals surface area contributed by atoms with Crippen molar-refractivity contribution in [3.8, 4) is 0 Å². The van der Waals surface area contributed by atoms with Crippen LogP contribution < -0.4 is 11.1 Å². The highest BCUT2D eigenvalue weighted by Crippen LogP contribution is 2.02. The monoisotopic (exact) mass is 252 g/mol. The minimum absolute atomic E-state index is 0.0898. The molecule has 0 heterocycles. The molecule has 0 bridgehead atoms. The molecule has 92 valence electrons. The Kier molecular flexibility index (Phi) is 5.59. The second kappa shape index (κ2) is 6.98. The van der Waals surface area contributed by atoms with E-state index in [0.717, 1.165) is 5.56 Å². The standard InChI is InChI=1S/C12H16N2O2S/c1-14-12(17)10(13)7-11(15)16-8-9-5-3-2-4-6-9/h2-6,10H,7-8,13H2,1H3,(H,14,17)/t10-/m0/s1. The number of likely N-dealkylation sites (N-methyl/N-ethyl adjacent to an activating group) is 1. The van der Waals surface area contributed by atoms with Gasteiger partial charge in [0.1, 0.15) is 6.61 Å². The number of hydrogen-bond donors (Lipinski definition) is 2. The van der Waals surface area contributed by atoms with Crippen LogP contribution in [0, 0.1) is 0 Å². The molecule has 0 saturated heterocycles. The zero-order valence-electron chi connectivity index (χ0n) is 9.68. The lowest BCUT2D eigenvalue weighted by molar-refractivity contribution is -0.145. The van der Waals surface area contributed by atoms with Crippen molar-refractivity contribution in [2.24, 2.45) is 5.73 Å². The molecule has 1 rings (SSSR count). The Morgan fingerprint density at radius 2 is 2.12 bits per heavy atom. The van der Waals surface area contributed by atoms with Gasteiger partial charge in [-0.2, -0.15) is 0 Å². The molecule has 0 aliphatic heterocycles. The van der Waals surface area contributed by atoms with Crippen molar-refractivity contribution in [2.75, 3.05) is 7.05 Å². The van der Waals surface area contributed by atoms with Gasteiger partial charge in [-0.3, -0.25) is 4.79 Å². The van der Waals surface area contributed by atoms with E-state index in [1.165, 1.54) is 0 Å². The molecule has 0 spiro atoms. The molecule has 0 fully saturated rings. The van der Waals surface area contributed by atoms with Crippen LogP contribution in [0.4, 0.5) is 0 Å². The number of ether oxygens (including phenoxy) is 1. The number of thiocarbonyl (C=S) groups is 1. The van der Waals surface area contributed by atoms with Crippen LogP contribution in [-0.4, -0.2) is 24.0 Å². The van der Waals surface area contributed by atoms with Crippen LogP contribution >= 0.6 is 12.2 Å². The Labute approximate surface area is 106 Å². The lowest BCUT2D eigenvalue weighted by atomic mass is 10.2.